The van der Waals surface area contributed by atoms with Gasteiger partial charge in [-0.25, -0.2) is 0 Å². The minimum atomic E-state index is -0.554. The van der Waals surface area contributed by atoms with Gasteiger partial charge in [0, 0.05) is 17.7 Å². The number of benzene rings is 2. The summed E-state index contributed by atoms with van der Waals surface area (Å²) in [4.78, 5) is 22.1. The van der Waals surface area contributed by atoms with Crippen molar-refractivity contribution in [3.8, 4) is 11.5 Å². The number of aromatic hydroxyl groups is 1. The molecule has 1 N–H and O–H groups in total. The van der Waals surface area contributed by atoms with Gasteiger partial charge in [0.1, 0.15) is 0 Å². The second kappa shape index (κ2) is 6.53. The monoisotopic (exact) mass is 299 g/mol. The summed E-state index contributed by atoms with van der Waals surface area (Å²) in [5, 5.41) is 20.3. The van der Waals surface area contributed by atoms with E-state index in [1.54, 1.807) is 12.1 Å². The zero-order chi connectivity index (χ0) is 16.1. The molecule has 2 aromatic rings. The first kappa shape index (κ1) is 15.2. The third-order valence-electron chi connectivity index (χ3n) is 2.97. The van der Waals surface area contributed by atoms with Crippen molar-refractivity contribution >= 4 is 17.5 Å². The van der Waals surface area contributed by atoms with Crippen LogP contribution in [-0.4, -0.2) is 22.9 Å². The zero-order valence-electron chi connectivity index (χ0n) is 11.7. The molecule has 2 aromatic carbocycles. The van der Waals surface area contributed by atoms with Crippen LogP contribution in [0.5, 0.6) is 11.5 Å². The van der Waals surface area contributed by atoms with E-state index in [1.165, 1.54) is 49.6 Å². The van der Waals surface area contributed by atoms with Crippen LogP contribution in [0.1, 0.15) is 15.9 Å². The standard InChI is InChI=1S/C16H13NO5/c1-22-16-8-6-11(9-15(16)19)5-7-14(18)12-3-2-4-13(10-12)17(20)21/h2-10,19H,1H3. The Morgan fingerprint density at radius 2 is 2.05 bits per heavy atom. The van der Waals surface area contributed by atoms with Crippen LogP contribution in [-0.2, 0) is 0 Å². The molecule has 6 nitrogen and oxygen atoms in total. The maximum absolute atomic E-state index is 12.0. The van der Waals surface area contributed by atoms with Crippen LogP contribution in [0, 0.1) is 10.1 Å². The van der Waals surface area contributed by atoms with Gasteiger partial charge in [-0.15, -0.1) is 0 Å². The molecule has 112 valence electrons. The smallest absolute Gasteiger partial charge is 0.270 e. The van der Waals surface area contributed by atoms with Crippen molar-refractivity contribution in [3.05, 3.63) is 69.8 Å². The number of rotatable bonds is 5. The Morgan fingerprint density at radius 3 is 2.68 bits per heavy atom. The minimum absolute atomic E-state index is 0.0348. The maximum Gasteiger partial charge on any atom is 0.270 e. The molecule has 6 heteroatoms. The van der Waals surface area contributed by atoms with Gasteiger partial charge >= 0.3 is 0 Å². The molecule has 0 aliphatic rings. The van der Waals surface area contributed by atoms with E-state index in [0.29, 0.717) is 11.3 Å². The van der Waals surface area contributed by atoms with Gasteiger partial charge in [0.2, 0.25) is 0 Å². The highest BCUT2D eigenvalue weighted by molar-refractivity contribution is 6.07. The Labute approximate surface area is 126 Å². The van der Waals surface area contributed by atoms with E-state index in [1.807, 2.05) is 0 Å². The zero-order valence-corrected chi connectivity index (χ0v) is 11.7. The van der Waals surface area contributed by atoms with Crippen LogP contribution in [0.3, 0.4) is 0 Å². The SMILES string of the molecule is COc1ccc(C=CC(=O)c2cccc([N+](=O)[O-])c2)cc1O. The number of nitro benzene ring substituents is 1. The molecule has 0 aromatic heterocycles. The maximum atomic E-state index is 12.0. The molecule has 2 rings (SSSR count). The summed E-state index contributed by atoms with van der Waals surface area (Å²) in [5.41, 5.74) is 0.696. The third kappa shape index (κ3) is 3.49. The number of nitrogens with zero attached hydrogens (tertiary/aromatic N) is 1. The van der Waals surface area contributed by atoms with Crippen LogP contribution >= 0.6 is 0 Å². The first-order chi connectivity index (χ1) is 10.5. The van der Waals surface area contributed by atoms with Crippen LogP contribution in [0.25, 0.3) is 6.08 Å². The van der Waals surface area contributed by atoms with Crippen LogP contribution in [0.2, 0.25) is 0 Å². The predicted molar refractivity (Wildman–Crippen MR) is 81.1 cm³/mol. The van der Waals surface area contributed by atoms with E-state index >= 15 is 0 Å². The summed E-state index contributed by atoms with van der Waals surface area (Å²) < 4.78 is 4.93. The normalized spacial score (nSPS) is 10.6. The summed E-state index contributed by atoms with van der Waals surface area (Å²) in [6.45, 7) is 0. The number of nitro groups is 1. The highest BCUT2D eigenvalue weighted by Gasteiger charge is 2.09. The van der Waals surface area contributed by atoms with Crippen molar-refractivity contribution < 1.29 is 19.6 Å². The molecular weight excluding hydrogens is 286 g/mol. The fraction of sp³-hybridized carbons (Fsp3) is 0.0625. The Balaban J connectivity index is 2.19. The summed E-state index contributed by atoms with van der Waals surface area (Å²) in [5.74, 6) is -0.0615. The fourth-order valence-corrected chi connectivity index (χ4v) is 1.85. The molecule has 0 amide bonds. The predicted octanol–water partition coefficient (Wildman–Crippen LogP) is 3.21. The van der Waals surface area contributed by atoms with Crippen LogP contribution < -0.4 is 4.74 Å². The fourth-order valence-electron chi connectivity index (χ4n) is 1.85. The summed E-state index contributed by atoms with van der Waals surface area (Å²) >= 11 is 0. The number of phenols is 1. The lowest BCUT2D eigenvalue weighted by Gasteiger charge is -2.03. The van der Waals surface area contributed by atoms with Gasteiger partial charge in [-0.2, -0.15) is 0 Å². The third-order valence-corrected chi connectivity index (χ3v) is 2.97. The molecule has 0 fully saturated rings. The largest absolute Gasteiger partial charge is 0.504 e. The highest BCUT2D eigenvalue weighted by Crippen LogP contribution is 2.26. The Kier molecular flexibility index (Phi) is 4.53. The Hall–Kier alpha value is -3.15. The first-order valence-corrected chi connectivity index (χ1v) is 6.35. The second-order valence-electron chi connectivity index (χ2n) is 4.44. The van der Waals surface area contributed by atoms with E-state index in [0.717, 1.165) is 0 Å². The summed E-state index contributed by atoms with van der Waals surface area (Å²) in [7, 11) is 1.44. The van der Waals surface area contributed by atoms with Crippen LogP contribution in [0.4, 0.5) is 5.69 Å². The highest BCUT2D eigenvalue weighted by atomic mass is 16.6. The number of ketones is 1. The van der Waals surface area contributed by atoms with Gasteiger partial charge in [0.15, 0.2) is 17.3 Å². The summed E-state index contributed by atoms with van der Waals surface area (Å²) in [6, 6.07) is 10.2. The van der Waals surface area contributed by atoms with Crippen molar-refractivity contribution in [2.24, 2.45) is 0 Å². The van der Waals surface area contributed by atoms with Crippen molar-refractivity contribution in [2.75, 3.05) is 7.11 Å². The molecule has 0 aliphatic heterocycles. The lowest BCUT2D eigenvalue weighted by molar-refractivity contribution is -0.384. The van der Waals surface area contributed by atoms with E-state index in [9.17, 15) is 20.0 Å². The van der Waals surface area contributed by atoms with E-state index in [2.05, 4.69) is 0 Å². The lowest BCUT2D eigenvalue weighted by Crippen LogP contribution is -1.96. The molecular formula is C16H13NO5. The molecule has 0 unspecified atom stereocenters. The number of allylic oxidation sites excluding steroid dienone is 1. The van der Waals surface area contributed by atoms with Crippen molar-refractivity contribution in [1.82, 2.24) is 0 Å². The molecule has 0 saturated carbocycles. The van der Waals surface area contributed by atoms with Gasteiger partial charge in [-0.1, -0.05) is 24.3 Å². The van der Waals surface area contributed by atoms with Crippen molar-refractivity contribution in [3.63, 3.8) is 0 Å². The molecule has 0 radical (unpaired) electrons. The number of carbonyl (C=O) groups is 1. The number of non-ortho nitro benzene ring substituents is 1. The van der Waals surface area contributed by atoms with E-state index < -0.39 is 4.92 Å². The number of methoxy groups -OCH3 is 1. The van der Waals surface area contributed by atoms with E-state index in [4.69, 9.17) is 4.74 Å². The Morgan fingerprint density at radius 1 is 1.27 bits per heavy atom. The second-order valence-corrected chi connectivity index (χ2v) is 4.44. The van der Waals surface area contributed by atoms with Gasteiger partial charge in [0.25, 0.3) is 5.69 Å². The van der Waals surface area contributed by atoms with Crippen molar-refractivity contribution in [1.29, 1.82) is 0 Å². The molecule has 0 heterocycles. The molecule has 0 aliphatic carbocycles. The number of ether oxygens (including phenoxy) is 1. The average Bonchev–Trinajstić information content (AvgIpc) is 2.52. The van der Waals surface area contributed by atoms with Gasteiger partial charge in [-0.05, 0) is 23.8 Å². The van der Waals surface area contributed by atoms with Crippen molar-refractivity contribution in [2.45, 2.75) is 0 Å². The first-order valence-electron chi connectivity index (χ1n) is 6.35. The van der Waals surface area contributed by atoms with E-state index in [-0.39, 0.29) is 22.8 Å². The summed E-state index contributed by atoms with van der Waals surface area (Å²) in [6.07, 6.45) is 2.81. The molecule has 22 heavy (non-hydrogen) atoms. The topological polar surface area (TPSA) is 89.7 Å². The van der Waals surface area contributed by atoms with Crippen LogP contribution in [0.15, 0.2) is 48.5 Å². The minimum Gasteiger partial charge on any atom is -0.504 e. The number of hydrogen-bond acceptors (Lipinski definition) is 5. The number of hydrogen-bond donors (Lipinski definition) is 1. The molecule has 0 bridgehead atoms. The van der Waals surface area contributed by atoms with Gasteiger partial charge in [-0.3, -0.25) is 14.9 Å². The molecule has 0 spiro atoms. The average molecular weight is 299 g/mol. The number of phenolic OH excluding ortho intramolecular Hbond substituents is 1. The quantitative estimate of drug-likeness (QED) is 0.396. The van der Waals surface area contributed by atoms with Gasteiger partial charge in [0.05, 0.1) is 12.0 Å². The number of carbonyl (C=O) groups excluding carboxylic acids is 1. The van der Waals surface area contributed by atoms with Gasteiger partial charge < -0.3 is 9.84 Å². The lowest BCUT2D eigenvalue weighted by atomic mass is 10.1. The Bertz CT molecular complexity index is 752. The molecule has 0 atom stereocenters. The molecule has 0 saturated heterocycles.